The minimum atomic E-state index is -0.629. The van der Waals surface area contributed by atoms with Crippen molar-refractivity contribution in [1.82, 2.24) is 4.65 Å². The van der Waals surface area contributed by atoms with E-state index in [1.165, 1.54) is 6.34 Å². The average Bonchev–Trinajstić information content (AvgIpc) is 2.47. The maximum Gasteiger partial charge on any atom is 0.200 e. The van der Waals surface area contributed by atoms with Crippen molar-refractivity contribution >= 4 is 17.7 Å². The fraction of sp³-hybridized carbons (Fsp3) is 0.100. The molecule has 0 radical (unpaired) electrons. The molecule has 1 unspecified atom stereocenters. The molecule has 0 saturated heterocycles. The third-order valence-corrected chi connectivity index (χ3v) is 2.17. The number of benzene rings is 1. The van der Waals surface area contributed by atoms with Crippen molar-refractivity contribution in [2.45, 2.75) is 6.92 Å². The molecule has 2 rings (SSSR count). The van der Waals surface area contributed by atoms with Crippen LogP contribution in [0, 0.1) is 5.21 Å². The first-order chi connectivity index (χ1) is 6.14. The molecule has 1 heterocycles. The van der Waals surface area contributed by atoms with Gasteiger partial charge in [-0.3, -0.25) is 4.65 Å². The van der Waals surface area contributed by atoms with Crippen molar-refractivity contribution < 1.29 is 0 Å². The van der Waals surface area contributed by atoms with E-state index in [9.17, 15) is 5.21 Å². The summed E-state index contributed by atoms with van der Waals surface area (Å²) in [4.78, 5) is 4.05. The molecular formula is C10H10N2O. The number of hydroxylamine groups is 2. The van der Waals surface area contributed by atoms with Gasteiger partial charge >= 0.3 is 0 Å². The SMILES string of the molecule is C=C(C)[N+]1([O-])C=Nc2ccccc21. The van der Waals surface area contributed by atoms with E-state index in [0.29, 0.717) is 11.4 Å². The molecule has 0 spiro atoms. The molecule has 0 saturated carbocycles. The van der Waals surface area contributed by atoms with Crippen LogP contribution < -0.4 is 4.65 Å². The predicted octanol–water partition coefficient (Wildman–Crippen LogP) is 2.70. The lowest BCUT2D eigenvalue weighted by atomic mass is 10.2. The van der Waals surface area contributed by atoms with Crippen LogP contribution in [0.5, 0.6) is 0 Å². The van der Waals surface area contributed by atoms with Crippen molar-refractivity contribution in [3.8, 4) is 0 Å². The van der Waals surface area contributed by atoms with E-state index in [2.05, 4.69) is 11.6 Å². The first-order valence-corrected chi connectivity index (χ1v) is 4.05. The molecule has 0 bridgehead atoms. The lowest BCUT2D eigenvalue weighted by Gasteiger charge is -2.33. The first kappa shape index (κ1) is 8.16. The Balaban J connectivity index is 2.61. The van der Waals surface area contributed by atoms with Crippen LogP contribution in [0.15, 0.2) is 41.5 Å². The van der Waals surface area contributed by atoms with Gasteiger partial charge in [0.05, 0.1) is 0 Å². The van der Waals surface area contributed by atoms with Gasteiger partial charge in [0.2, 0.25) is 6.34 Å². The molecule has 0 N–H and O–H groups in total. The van der Waals surface area contributed by atoms with Crippen molar-refractivity contribution in [2.75, 3.05) is 0 Å². The second-order valence-electron chi connectivity index (χ2n) is 3.13. The molecule has 1 aromatic carbocycles. The molecule has 1 aliphatic heterocycles. The zero-order valence-corrected chi connectivity index (χ0v) is 7.40. The van der Waals surface area contributed by atoms with Gasteiger partial charge in [0.1, 0.15) is 11.4 Å². The summed E-state index contributed by atoms with van der Waals surface area (Å²) in [5.41, 5.74) is 1.91. The van der Waals surface area contributed by atoms with Gasteiger partial charge in [-0.2, -0.15) is 4.99 Å². The zero-order chi connectivity index (χ0) is 9.47. The summed E-state index contributed by atoms with van der Waals surface area (Å²) < 4.78 is -0.629. The number of rotatable bonds is 1. The van der Waals surface area contributed by atoms with Crippen LogP contribution in [0.2, 0.25) is 0 Å². The number of nitrogens with zero attached hydrogens (tertiary/aromatic N) is 2. The molecule has 0 aromatic heterocycles. The fourth-order valence-corrected chi connectivity index (χ4v) is 1.36. The van der Waals surface area contributed by atoms with Crippen molar-refractivity contribution in [2.24, 2.45) is 4.99 Å². The minimum Gasteiger partial charge on any atom is -0.616 e. The Kier molecular flexibility index (Phi) is 1.58. The van der Waals surface area contributed by atoms with Crippen LogP contribution in [-0.2, 0) is 0 Å². The molecule has 0 amide bonds. The van der Waals surface area contributed by atoms with Gasteiger partial charge in [-0.15, -0.1) is 0 Å². The predicted molar refractivity (Wildman–Crippen MR) is 54.6 cm³/mol. The van der Waals surface area contributed by atoms with Crippen molar-refractivity contribution in [3.05, 3.63) is 41.7 Å². The number of aliphatic imine (C=N–C) groups is 1. The highest BCUT2D eigenvalue weighted by atomic mass is 16.5. The largest absolute Gasteiger partial charge is 0.616 e. The van der Waals surface area contributed by atoms with Gasteiger partial charge < -0.3 is 5.21 Å². The van der Waals surface area contributed by atoms with E-state index >= 15 is 0 Å². The Morgan fingerprint density at radius 3 is 2.85 bits per heavy atom. The molecule has 3 nitrogen and oxygen atoms in total. The number of fused-ring (bicyclic) bond motifs is 1. The van der Waals surface area contributed by atoms with Crippen LogP contribution in [0.25, 0.3) is 0 Å². The molecule has 13 heavy (non-hydrogen) atoms. The normalized spacial score (nSPS) is 24.5. The number of para-hydroxylation sites is 2. The highest BCUT2D eigenvalue weighted by molar-refractivity contribution is 5.91. The number of hydrogen-bond acceptors (Lipinski definition) is 2. The summed E-state index contributed by atoms with van der Waals surface area (Å²) in [6, 6.07) is 7.31. The van der Waals surface area contributed by atoms with E-state index in [1.807, 2.05) is 18.2 Å². The lowest BCUT2D eigenvalue weighted by molar-refractivity contribution is 0.697. The third kappa shape index (κ3) is 1.02. The van der Waals surface area contributed by atoms with E-state index in [4.69, 9.17) is 0 Å². The quantitative estimate of drug-likeness (QED) is 0.476. The summed E-state index contributed by atoms with van der Waals surface area (Å²) in [5, 5.41) is 12.1. The van der Waals surface area contributed by atoms with Gasteiger partial charge in [0.15, 0.2) is 5.69 Å². The molecule has 0 fully saturated rings. The van der Waals surface area contributed by atoms with Crippen LogP contribution in [0.3, 0.4) is 0 Å². The molecule has 1 aromatic rings. The Hall–Kier alpha value is -1.45. The molecule has 66 valence electrons. The number of hydrogen-bond donors (Lipinski definition) is 0. The van der Waals surface area contributed by atoms with Gasteiger partial charge in [-0.25, -0.2) is 0 Å². The molecule has 3 heteroatoms. The lowest BCUT2D eigenvalue weighted by Crippen LogP contribution is -2.36. The van der Waals surface area contributed by atoms with Crippen LogP contribution in [0.4, 0.5) is 11.4 Å². The Morgan fingerprint density at radius 1 is 1.46 bits per heavy atom. The van der Waals surface area contributed by atoms with Crippen molar-refractivity contribution in [3.63, 3.8) is 0 Å². The smallest absolute Gasteiger partial charge is 0.200 e. The van der Waals surface area contributed by atoms with E-state index in [-0.39, 0.29) is 0 Å². The Bertz CT molecular complexity index is 398. The maximum absolute atomic E-state index is 12.1. The van der Waals surface area contributed by atoms with Crippen LogP contribution in [-0.4, -0.2) is 6.34 Å². The minimum absolute atomic E-state index is 0.522. The molecule has 1 atom stereocenters. The highest BCUT2D eigenvalue weighted by Gasteiger charge is 2.28. The first-order valence-electron chi connectivity index (χ1n) is 4.05. The van der Waals surface area contributed by atoms with E-state index in [1.54, 1.807) is 13.0 Å². The standard InChI is InChI=1S/C10H10N2O/c1-8(2)12(13)7-11-9-5-3-4-6-10(9)12/h3-7H,1H2,2H3. The van der Waals surface area contributed by atoms with Crippen molar-refractivity contribution in [1.29, 1.82) is 0 Å². The van der Waals surface area contributed by atoms with Gasteiger partial charge in [0, 0.05) is 13.0 Å². The summed E-state index contributed by atoms with van der Waals surface area (Å²) in [6.45, 7) is 5.39. The molecular weight excluding hydrogens is 164 g/mol. The van der Waals surface area contributed by atoms with Gasteiger partial charge in [-0.1, -0.05) is 12.1 Å². The number of quaternary nitrogens is 1. The Labute approximate surface area is 76.8 Å². The highest BCUT2D eigenvalue weighted by Crippen LogP contribution is 2.39. The third-order valence-electron chi connectivity index (χ3n) is 2.17. The van der Waals surface area contributed by atoms with Gasteiger partial charge in [-0.05, 0) is 12.6 Å². The summed E-state index contributed by atoms with van der Waals surface area (Å²) in [5.74, 6) is 0. The molecule has 1 aliphatic rings. The fourth-order valence-electron chi connectivity index (χ4n) is 1.36. The second kappa shape index (κ2) is 2.52. The summed E-state index contributed by atoms with van der Waals surface area (Å²) in [6.07, 6.45) is 1.37. The summed E-state index contributed by atoms with van der Waals surface area (Å²) in [7, 11) is 0. The average molecular weight is 174 g/mol. The van der Waals surface area contributed by atoms with Crippen LogP contribution >= 0.6 is 0 Å². The number of allylic oxidation sites excluding steroid dienone is 1. The topological polar surface area (TPSA) is 35.4 Å². The van der Waals surface area contributed by atoms with E-state index < -0.39 is 4.65 Å². The maximum atomic E-state index is 12.1. The second-order valence-corrected chi connectivity index (χ2v) is 3.13. The zero-order valence-electron chi connectivity index (χ0n) is 7.40. The summed E-state index contributed by atoms with van der Waals surface area (Å²) >= 11 is 0. The van der Waals surface area contributed by atoms with Gasteiger partial charge in [0.25, 0.3) is 0 Å². The monoisotopic (exact) mass is 174 g/mol. The van der Waals surface area contributed by atoms with E-state index in [0.717, 1.165) is 5.69 Å². The molecule has 0 aliphatic carbocycles. The Morgan fingerprint density at radius 2 is 2.15 bits per heavy atom. The van der Waals surface area contributed by atoms with Crippen LogP contribution in [0.1, 0.15) is 6.92 Å².